The Hall–Kier alpha value is -1.54. The Bertz CT molecular complexity index is 912. The SMILES string of the molecule is CC(=O)OCC(=O)[C@@]1(O)[C@H](O)CC2C3CCC4=CC(=O)C=C[C@]4(C)[C@@]3(Cl)[C@@H](O)C[C@@]21C. The Morgan fingerprint density at radius 3 is 2.55 bits per heavy atom. The molecular weight excluding hydrogens is 424 g/mol. The molecular formula is C23H29ClO7. The quantitative estimate of drug-likeness (QED) is 0.437. The number of ketones is 2. The monoisotopic (exact) mass is 452 g/mol. The van der Waals surface area contributed by atoms with Crippen LogP contribution in [0.25, 0.3) is 0 Å². The predicted molar refractivity (Wildman–Crippen MR) is 111 cm³/mol. The molecule has 0 saturated heterocycles. The minimum Gasteiger partial charge on any atom is -0.458 e. The zero-order chi connectivity index (χ0) is 23.0. The average Bonchev–Trinajstić information content (AvgIpc) is 2.89. The molecule has 0 aromatic rings. The van der Waals surface area contributed by atoms with Gasteiger partial charge in [-0.2, -0.15) is 0 Å². The Balaban J connectivity index is 1.76. The largest absolute Gasteiger partial charge is 0.458 e. The molecule has 8 atom stereocenters. The van der Waals surface area contributed by atoms with E-state index in [1.54, 1.807) is 19.1 Å². The van der Waals surface area contributed by atoms with Crippen molar-refractivity contribution in [2.24, 2.45) is 22.7 Å². The summed E-state index contributed by atoms with van der Waals surface area (Å²) in [6, 6.07) is 0. The molecule has 8 heteroatoms. The van der Waals surface area contributed by atoms with Crippen molar-refractivity contribution >= 4 is 29.1 Å². The molecule has 2 unspecified atom stereocenters. The standard InChI is InChI=1S/C23H29ClO7/c1-12(25)31-11-19(29)23(30)17(27)9-16-15-5-4-13-8-14(26)6-7-20(13,2)22(15,24)18(28)10-21(16,23)3/h6-8,15-18,27-28,30H,4-5,9-11H2,1-3H3/t15?,16?,17-,18+,20+,21+,22+,23+/m1/s1. The lowest BCUT2D eigenvalue weighted by Crippen LogP contribution is -2.69. The van der Waals surface area contributed by atoms with Gasteiger partial charge in [0.15, 0.2) is 18.0 Å². The van der Waals surface area contributed by atoms with Crippen molar-refractivity contribution in [3.8, 4) is 0 Å². The van der Waals surface area contributed by atoms with Crippen LogP contribution in [-0.2, 0) is 19.1 Å². The van der Waals surface area contributed by atoms with E-state index in [0.717, 1.165) is 12.5 Å². The number of hydrogen-bond acceptors (Lipinski definition) is 7. The summed E-state index contributed by atoms with van der Waals surface area (Å²) in [6.07, 6.45) is 3.63. The van der Waals surface area contributed by atoms with E-state index in [-0.39, 0.29) is 30.5 Å². The van der Waals surface area contributed by atoms with Crippen LogP contribution in [0.15, 0.2) is 23.8 Å². The molecule has 4 rings (SSSR count). The maximum atomic E-state index is 13.0. The van der Waals surface area contributed by atoms with Crippen LogP contribution >= 0.6 is 11.6 Å². The first-order valence-corrected chi connectivity index (χ1v) is 11.1. The first-order chi connectivity index (χ1) is 14.3. The van der Waals surface area contributed by atoms with Gasteiger partial charge in [-0.25, -0.2) is 0 Å². The fourth-order valence-electron chi connectivity index (χ4n) is 7.01. The minimum atomic E-state index is -2.16. The van der Waals surface area contributed by atoms with E-state index < -0.39 is 51.9 Å². The summed E-state index contributed by atoms with van der Waals surface area (Å²) in [6.45, 7) is 4.13. The van der Waals surface area contributed by atoms with Crippen LogP contribution in [0.2, 0.25) is 0 Å². The van der Waals surface area contributed by atoms with Gasteiger partial charge in [-0.1, -0.05) is 25.5 Å². The number of carbonyl (C=O) groups is 3. The van der Waals surface area contributed by atoms with Gasteiger partial charge in [0, 0.05) is 17.8 Å². The molecule has 7 nitrogen and oxygen atoms in total. The Kier molecular flexibility index (Phi) is 5.10. The number of rotatable bonds is 3. The van der Waals surface area contributed by atoms with E-state index in [0.29, 0.717) is 12.8 Å². The number of aliphatic hydroxyl groups is 3. The van der Waals surface area contributed by atoms with Gasteiger partial charge in [-0.15, -0.1) is 11.6 Å². The third-order valence-corrected chi connectivity index (χ3v) is 9.62. The smallest absolute Gasteiger partial charge is 0.303 e. The van der Waals surface area contributed by atoms with E-state index >= 15 is 0 Å². The number of halogens is 1. The Morgan fingerprint density at radius 1 is 1.23 bits per heavy atom. The molecule has 170 valence electrons. The summed E-state index contributed by atoms with van der Waals surface area (Å²) in [7, 11) is 0. The van der Waals surface area contributed by atoms with Crippen LogP contribution in [0.5, 0.6) is 0 Å². The molecule has 0 bridgehead atoms. The van der Waals surface area contributed by atoms with E-state index in [1.807, 2.05) is 6.92 Å². The Labute approximate surface area is 186 Å². The number of carbonyl (C=O) groups excluding carboxylic acids is 3. The maximum absolute atomic E-state index is 13.0. The van der Waals surface area contributed by atoms with E-state index in [9.17, 15) is 29.7 Å². The first kappa shape index (κ1) is 22.6. The van der Waals surface area contributed by atoms with Crippen molar-refractivity contribution < 1.29 is 34.4 Å². The predicted octanol–water partition coefficient (Wildman–Crippen LogP) is 1.46. The summed E-state index contributed by atoms with van der Waals surface area (Å²) in [5.74, 6) is -2.21. The highest BCUT2D eigenvalue weighted by atomic mass is 35.5. The molecule has 3 N–H and O–H groups in total. The summed E-state index contributed by atoms with van der Waals surface area (Å²) in [5, 5.41) is 33.8. The van der Waals surface area contributed by atoms with Crippen LogP contribution < -0.4 is 0 Å². The van der Waals surface area contributed by atoms with Crippen molar-refractivity contribution in [3.63, 3.8) is 0 Å². The van der Waals surface area contributed by atoms with E-state index in [1.165, 1.54) is 6.08 Å². The van der Waals surface area contributed by atoms with E-state index in [2.05, 4.69) is 0 Å². The molecule has 3 saturated carbocycles. The molecule has 0 aromatic carbocycles. The molecule has 3 fully saturated rings. The number of ether oxygens (including phenoxy) is 1. The van der Waals surface area contributed by atoms with Gasteiger partial charge in [0.05, 0.1) is 17.1 Å². The van der Waals surface area contributed by atoms with Crippen LogP contribution in [0.3, 0.4) is 0 Å². The summed E-state index contributed by atoms with van der Waals surface area (Å²) in [4.78, 5) is 34.9. The first-order valence-electron chi connectivity index (χ1n) is 10.7. The molecule has 0 radical (unpaired) electrons. The molecule has 0 aliphatic heterocycles. The Morgan fingerprint density at radius 2 is 1.90 bits per heavy atom. The lowest BCUT2D eigenvalue weighted by Gasteiger charge is -2.63. The second kappa shape index (κ2) is 6.98. The highest BCUT2D eigenvalue weighted by Crippen LogP contribution is 2.70. The summed E-state index contributed by atoms with van der Waals surface area (Å²) >= 11 is 7.27. The number of hydrogen-bond donors (Lipinski definition) is 3. The average molecular weight is 453 g/mol. The number of alkyl halides is 1. The van der Waals surface area contributed by atoms with Crippen molar-refractivity contribution in [1.82, 2.24) is 0 Å². The molecule has 0 spiro atoms. The maximum Gasteiger partial charge on any atom is 0.303 e. The molecule has 0 aromatic heterocycles. The topological polar surface area (TPSA) is 121 Å². The van der Waals surface area contributed by atoms with Gasteiger partial charge in [0.1, 0.15) is 0 Å². The van der Waals surface area contributed by atoms with Crippen LogP contribution in [0.1, 0.15) is 46.5 Å². The molecule has 0 heterocycles. The minimum absolute atomic E-state index is 0.0122. The van der Waals surface area contributed by atoms with Gasteiger partial charge in [-0.05, 0) is 49.7 Å². The lowest BCUT2D eigenvalue weighted by molar-refractivity contribution is -0.188. The number of fused-ring (bicyclic) bond motifs is 5. The molecule has 0 amide bonds. The second-order valence-corrected chi connectivity index (χ2v) is 10.6. The van der Waals surface area contributed by atoms with Gasteiger partial charge < -0.3 is 20.1 Å². The molecule has 31 heavy (non-hydrogen) atoms. The lowest BCUT2D eigenvalue weighted by atomic mass is 9.45. The van der Waals surface area contributed by atoms with Crippen LogP contribution in [0, 0.1) is 22.7 Å². The molecule has 4 aliphatic carbocycles. The molecule has 4 aliphatic rings. The van der Waals surface area contributed by atoms with Crippen molar-refractivity contribution in [1.29, 1.82) is 0 Å². The van der Waals surface area contributed by atoms with Crippen LogP contribution in [-0.4, -0.2) is 62.1 Å². The third kappa shape index (κ3) is 2.73. The fraction of sp³-hybridized carbons (Fsp3) is 0.696. The van der Waals surface area contributed by atoms with Gasteiger partial charge in [0.25, 0.3) is 0 Å². The van der Waals surface area contributed by atoms with E-state index in [4.69, 9.17) is 16.3 Å². The fourth-order valence-corrected chi connectivity index (χ4v) is 7.53. The van der Waals surface area contributed by atoms with Gasteiger partial charge in [-0.3, -0.25) is 14.4 Å². The second-order valence-electron chi connectivity index (χ2n) is 9.99. The van der Waals surface area contributed by atoms with Crippen molar-refractivity contribution in [2.45, 2.75) is 69.1 Å². The zero-order valence-electron chi connectivity index (χ0n) is 17.9. The number of Topliss-reactive ketones (excluding diaryl/α,β-unsaturated/α-hetero) is 1. The normalized spacial score (nSPS) is 48.4. The summed E-state index contributed by atoms with van der Waals surface area (Å²) < 4.78 is 4.81. The number of aliphatic hydroxyl groups excluding tert-OH is 2. The number of esters is 1. The highest BCUT2D eigenvalue weighted by molar-refractivity contribution is 6.26. The van der Waals surface area contributed by atoms with Crippen molar-refractivity contribution in [2.75, 3.05) is 6.61 Å². The van der Waals surface area contributed by atoms with Crippen molar-refractivity contribution in [3.05, 3.63) is 23.8 Å². The highest BCUT2D eigenvalue weighted by Gasteiger charge is 2.75. The zero-order valence-corrected chi connectivity index (χ0v) is 18.7. The van der Waals surface area contributed by atoms with Crippen LogP contribution in [0.4, 0.5) is 0 Å². The number of allylic oxidation sites excluding steroid dienone is 4. The third-order valence-electron chi connectivity index (χ3n) is 8.69. The van der Waals surface area contributed by atoms with Gasteiger partial charge >= 0.3 is 5.97 Å². The van der Waals surface area contributed by atoms with Gasteiger partial charge in [0.2, 0.25) is 5.78 Å². The summed E-state index contributed by atoms with van der Waals surface area (Å²) in [5.41, 5.74) is -3.22.